The molecule has 0 spiro atoms. The first-order valence-corrected chi connectivity index (χ1v) is 8.47. The summed E-state index contributed by atoms with van der Waals surface area (Å²) < 4.78 is 0. The van der Waals surface area contributed by atoms with E-state index in [0.717, 1.165) is 17.8 Å². The van der Waals surface area contributed by atoms with Gasteiger partial charge in [-0.15, -0.1) is 0 Å². The molecular formula is C12H21N3S2. The van der Waals surface area contributed by atoms with Crippen molar-refractivity contribution in [2.24, 2.45) is 0 Å². The lowest BCUT2D eigenvalue weighted by Gasteiger charge is -2.20. The molecular weight excluding hydrogens is 250 g/mol. The van der Waals surface area contributed by atoms with Gasteiger partial charge in [-0.2, -0.15) is 28.6 Å². The third-order valence-corrected chi connectivity index (χ3v) is 5.32. The summed E-state index contributed by atoms with van der Waals surface area (Å²) in [5.41, 5.74) is 2.31. The van der Waals surface area contributed by atoms with Crippen LogP contribution >= 0.6 is 23.5 Å². The lowest BCUT2D eigenvalue weighted by molar-refractivity contribution is 0.493. The first-order valence-electron chi connectivity index (χ1n) is 6.16. The number of nitrogens with zero attached hydrogens (tertiary/aromatic N) is 1. The third-order valence-electron chi connectivity index (χ3n) is 2.80. The van der Waals surface area contributed by atoms with Crippen LogP contribution < -0.4 is 5.32 Å². The molecule has 2 rings (SSSR count). The van der Waals surface area contributed by atoms with Gasteiger partial charge in [0, 0.05) is 47.2 Å². The Labute approximate surface area is 112 Å². The van der Waals surface area contributed by atoms with Gasteiger partial charge in [-0.05, 0) is 19.9 Å². The van der Waals surface area contributed by atoms with E-state index in [2.05, 4.69) is 52.0 Å². The van der Waals surface area contributed by atoms with Crippen LogP contribution in [0.4, 0.5) is 0 Å². The van der Waals surface area contributed by atoms with Gasteiger partial charge in [-0.3, -0.25) is 5.10 Å². The zero-order chi connectivity index (χ0) is 12.1. The molecule has 0 aliphatic carbocycles. The number of H-pyrrole nitrogens is 1. The zero-order valence-electron chi connectivity index (χ0n) is 10.5. The molecule has 0 saturated carbocycles. The first-order chi connectivity index (χ1) is 8.24. The predicted octanol–water partition coefficient (Wildman–Crippen LogP) is 2.09. The van der Waals surface area contributed by atoms with Crippen molar-refractivity contribution >= 4 is 23.5 Å². The molecule has 17 heavy (non-hydrogen) atoms. The number of aryl methyl sites for hydroxylation is 1. The molecule has 1 aliphatic rings. The van der Waals surface area contributed by atoms with E-state index in [9.17, 15) is 0 Å². The maximum Gasteiger partial charge on any atom is 0.0640 e. The Bertz CT molecular complexity index is 332. The molecule has 1 aromatic heterocycles. The number of aromatic amines is 1. The van der Waals surface area contributed by atoms with Gasteiger partial charge in [0.15, 0.2) is 0 Å². The lowest BCUT2D eigenvalue weighted by atomic mass is 10.1. The first kappa shape index (κ1) is 13.3. The topological polar surface area (TPSA) is 40.7 Å². The highest BCUT2D eigenvalue weighted by Gasteiger charge is 2.15. The van der Waals surface area contributed by atoms with Crippen molar-refractivity contribution in [1.82, 2.24) is 15.5 Å². The molecule has 2 N–H and O–H groups in total. The van der Waals surface area contributed by atoms with Gasteiger partial charge < -0.3 is 5.32 Å². The average molecular weight is 271 g/mol. The second-order valence-corrected chi connectivity index (χ2v) is 6.96. The molecule has 1 fully saturated rings. The van der Waals surface area contributed by atoms with Gasteiger partial charge in [-0.25, -0.2) is 0 Å². The monoisotopic (exact) mass is 271 g/mol. The van der Waals surface area contributed by atoms with Crippen LogP contribution in [0.5, 0.6) is 0 Å². The van der Waals surface area contributed by atoms with E-state index in [-0.39, 0.29) is 0 Å². The molecule has 5 heteroatoms. The molecule has 1 saturated heterocycles. The van der Waals surface area contributed by atoms with Crippen LogP contribution in [-0.4, -0.2) is 45.3 Å². The number of nitrogens with one attached hydrogen (secondary N) is 2. The Morgan fingerprint density at radius 3 is 2.76 bits per heavy atom. The van der Waals surface area contributed by atoms with Crippen molar-refractivity contribution in [3.05, 3.63) is 17.5 Å². The van der Waals surface area contributed by atoms with Crippen LogP contribution in [0.15, 0.2) is 6.07 Å². The maximum atomic E-state index is 4.29. The molecule has 96 valence electrons. The second kappa shape index (κ2) is 6.71. The fourth-order valence-electron chi connectivity index (χ4n) is 2.07. The third kappa shape index (κ3) is 4.56. The highest BCUT2D eigenvalue weighted by Crippen LogP contribution is 2.17. The molecule has 1 atom stereocenters. The van der Waals surface area contributed by atoms with Crippen molar-refractivity contribution in [1.29, 1.82) is 0 Å². The van der Waals surface area contributed by atoms with Crippen molar-refractivity contribution < 1.29 is 0 Å². The molecule has 1 aliphatic heterocycles. The van der Waals surface area contributed by atoms with E-state index >= 15 is 0 Å². The molecule has 3 nitrogen and oxygen atoms in total. The minimum atomic E-state index is 0.502. The van der Waals surface area contributed by atoms with E-state index in [1.807, 2.05) is 6.92 Å². The van der Waals surface area contributed by atoms with Crippen LogP contribution in [-0.2, 0) is 6.42 Å². The Morgan fingerprint density at radius 1 is 1.47 bits per heavy atom. The molecule has 0 unspecified atom stereocenters. The summed E-state index contributed by atoms with van der Waals surface area (Å²) in [5.74, 6) is 5.10. The number of aromatic nitrogens is 2. The number of thioether (sulfide) groups is 2. The van der Waals surface area contributed by atoms with Gasteiger partial charge >= 0.3 is 0 Å². The standard InChI is InChI=1S/C12H21N3S2/c1-9(5-11-6-10(2)14-15-11)13-12-7-16-3-4-17-8-12/h6,9,12-13H,3-5,7-8H2,1-2H3,(H,14,15)/t9-/m1/s1. The van der Waals surface area contributed by atoms with Gasteiger partial charge in [0.05, 0.1) is 5.69 Å². The Morgan fingerprint density at radius 2 is 2.18 bits per heavy atom. The van der Waals surface area contributed by atoms with Crippen LogP contribution in [0.3, 0.4) is 0 Å². The summed E-state index contributed by atoms with van der Waals surface area (Å²) >= 11 is 4.14. The van der Waals surface area contributed by atoms with E-state index in [1.54, 1.807) is 0 Å². The number of hydrogen-bond acceptors (Lipinski definition) is 4. The molecule has 0 amide bonds. The quantitative estimate of drug-likeness (QED) is 0.880. The number of hydrogen-bond donors (Lipinski definition) is 2. The minimum Gasteiger partial charge on any atom is -0.309 e. The summed E-state index contributed by atoms with van der Waals surface area (Å²) in [7, 11) is 0. The van der Waals surface area contributed by atoms with Crippen molar-refractivity contribution in [3.8, 4) is 0 Å². The van der Waals surface area contributed by atoms with Crippen molar-refractivity contribution in [3.63, 3.8) is 0 Å². The minimum absolute atomic E-state index is 0.502. The summed E-state index contributed by atoms with van der Waals surface area (Å²) in [6.07, 6.45) is 1.01. The Kier molecular flexibility index (Phi) is 5.25. The largest absolute Gasteiger partial charge is 0.309 e. The summed E-state index contributed by atoms with van der Waals surface area (Å²) in [4.78, 5) is 0. The van der Waals surface area contributed by atoms with Crippen LogP contribution in [0, 0.1) is 6.92 Å². The van der Waals surface area contributed by atoms with Crippen LogP contribution in [0.2, 0.25) is 0 Å². The molecule has 0 aromatic carbocycles. The smallest absolute Gasteiger partial charge is 0.0640 e. The zero-order valence-corrected chi connectivity index (χ0v) is 12.2. The maximum absolute atomic E-state index is 4.29. The molecule has 2 heterocycles. The summed E-state index contributed by atoms with van der Waals surface area (Å²) in [6, 6.07) is 3.29. The van der Waals surface area contributed by atoms with Gasteiger partial charge in [0.25, 0.3) is 0 Å². The van der Waals surface area contributed by atoms with Gasteiger partial charge in [-0.1, -0.05) is 0 Å². The Balaban J connectivity index is 1.77. The van der Waals surface area contributed by atoms with Gasteiger partial charge in [0.2, 0.25) is 0 Å². The molecule has 0 bridgehead atoms. The predicted molar refractivity (Wildman–Crippen MR) is 78.1 cm³/mol. The van der Waals surface area contributed by atoms with Crippen LogP contribution in [0.25, 0.3) is 0 Å². The number of rotatable bonds is 4. The van der Waals surface area contributed by atoms with Crippen molar-refractivity contribution in [2.45, 2.75) is 32.4 Å². The highest BCUT2D eigenvalue weighted by molar-refractivity contribution is 8.03. The second-order valence-electron chi connectivity index (χ2n) is 4.66. The SMILES string of the molecule is Cc1cc(C[C@@H](C)NC2CSCCSC2)n[nH]1. The molecule has 1 aromatic rings. The normalized spacial score (nSPS) is 20.1. The summed E-state index contributed by atoms with van der Waals surface area (Å²) in [5, 5.41) is 11.0. The fourth-order valence-corrected chi connectivity index (χ4v) is 4.49. The fraction of sp³-hybridized carbons (Fsp3) is 0.750. The molecule has 0 radical (unpaired) electrons. The van der Waals surface area contributed by atoms with E-state index < -0.39 is 0 Å². The van der Waals surface area contributed by atoms with E-state index in [1.165, 1.54) is 23.0 Å². The van der Waals surface area contributed by atoms with Crippen LogP contribution in [0.1, 0.15) is 18.3 Å². The van der Waals surface area contributed by atoms with Crippen molar-refractivity contribution in [2.75, 3.05) is 23.0 Å². The highest BCUT2D eigenvalue weighted by atomic mass is 32.2. The van der Waals surface area contributed by atoms with Gasteiger partial charge in [0.1, 0.15) is 0 Å². The Hall–Kier alpha value is -0.130. The van der Waals surface area contributed by atoms with E-state index in [0.29, 0.717) is 12.1 Å². The van der Waals surface area contributed by atoms with E-state index in [4.69, 9.17) is 0 Å². The lowest BCUT2D eigenvalue weighted by Crippen LogP contribution is -2.40. The average Bonchev–Trinajstić information content (AvgIpc) is 2.53. The summed E-state index contributed by atoms with van der Waals surface area (Å²) in [6.45, 7) is 4.30.